The summed E-state index contributed by atoms with van der Waals surface area (Å²) in [6.45, 7) is 4.63. The van der Waals surface area contributed by atoms with Gasteiger partial charge in [0.15, 0.2) is 0 Å². The Bertz CT molecular complexity index is 1380. The number of nitrogens with zero attached hydrogens (tertiary/aromatic N) is 3. The molecule has 184 valence electrons. The van der Waals surface area contributed by atoms with Gasteiger partial charge in [0.05, 0.1) is 17.1 Å². The van der Waals surface area contributed by atoms with Crippen LogP contribution in [0.4, 0.5) is 10.3 Å². The van der Waals surface area contributed by atoms with E-state index in [4.69, 9.17) is 14.7 Å². The number of ether oxygens (including phenoxy) is 1. The summed E-state index contributed by atoms with van der Waals surface area (Å²) < 4.78 is 20.3. The molecular formula is C28H28FN5OS. The van der Waals surface area contributed by atoms with Gasteiger partial charge in [-0.1, -0.05) is 12.1 Å². The van der Waals surface area contributed by atoms with Crippen molar-refractivity contribution >= 4 is 27.5 Å². The molecule has 0 unspecified atom stereocenters. The van der Waals surface area contributed by atoms with Crippen LogP contribution in [0.3, 0.4) is 0 Å². The smallest absolute Gasteiger partial charge is 0.242 e. The third-order valence-electron chi connectivity index (χ3n) is 6.63. The first-order chi connectivity index (χ1) is 17.5. The average molecular weight is 502 g/mol. The molecule has 2 heterocycles. The molecule has 0 aliphatic heterocycles. The summed E-state index contributed by atoms with van der Waals surface area (Å²) in [4.78, 5) is 9.47. The molecule has 0 bridgehead atoms. The van der Waals surface area contributed by atoms with Crippen molar-refractivity contribution in [2.24, 2.45) is 0 Å². The van der Waals surface area contributed by atoms with Gasteiger partial charge in [-0.25, -0.2) is 9.37 Å². The van der Waals surface area contributed by atoms with Crippen molar-refractivity contribution in [3.8, 4) is 17.7 Å². The first-order valence-corrected chi connectivity index (χ1v) is 13.1. The van der Waals surface area contributed by atoms with Crippen molar-refractivity contribution in [2.75, 3.05) is 5.32 Å². The van der Waals surface area contributed by atoms with Gasteiger partial charge in [-0.05, 0) is 91.9 Å². The van der Waals surface area contributed by atoms with Crippen LogP contribution in [-0.2, 0) is 6.54 Å². The first-order valence-electron chi connectivity index (χ1n) is 12.2. The van der Waals surface area contributed by atoms with E-state index in [1.807, 2.05) is 49.6 Å². The van der Waals surface area contributed by atoms with Crippen molar-refractivity contribution in [1.82, 2.24) is 15.3 Å². The number of thiophene rings is 1. The Hall–Kier alpha value is -3.54. The zero-order chi connectivity index (χ0) is 25.1. The van der Waals surface area contributed by atoms with Crippen LogP contribution in [0.15, 0.2) is 47.8 Å². The van der Waals surface area contributed by atoms with Gasteiger partial charge in [-0.2, -0.15) is 10.2 Å². The second-order valence-electron chi connectivity index (χ2n) is 9.34. The summed E-state index contributed by atoms with van der Waals surface area (Å²) in [5.41, 5.74) is 4.36. The van der Waals surface area contributed by atoms with Crippen molar-refractivity contribution < 1.29 is 9.13 Å². The second-order valence-corrected chi connectivity index (χ2v) is 10.3. The van der Waals surface area contributed by atoms with Crippen LogP contribution in [0.25, 0.3) is 10.2 Å². The Labute approximate surface area is 214 Å². The van der Waals surface area contributed by atoms with Crippen LogP contribution in [0.5, 0.6) is 11.6 Å². The highest BCUT2D eigenvalue weighted by atomic mass is 32.1. The van der Waals surface area contributed by atoms with Gasteiger partial charge in [-0.15, -0.1) is 11.3 Å². The molecule has 2 aromatic heterocycles. The summed E-state index contributed by atoms with van der Waals surface area (Å²) in [6.07, 6.45) is 4.12. The number of aryl methyl sites for hydroxylation is 2. The summed E-state index contributed by atoms with van der Waals surface area (Å²) >= 11 is 1.55. The summed E-state index contributed by atoms with van der Waals surface area (Å²) in [6, 6.07) is 15.2. The molecule has 6 nitrogen and oxygen atoms in total. The average Bonchev–Trinajstić information content (AvgIpc) is 3.35. The maximum absolute atomic E-state index is 13.1. The molecule has 36 heavy (non-hydrogen) atoms. The fourth-order valence-corrected chi connectivity index (χ4v) is 5.49. The van der Waals surface area contributed by atoms with Crippen LogP contribution >= 0.6 is 11.3 Å². The monoisotopic (exact) mass is 501 g/mol. The maximum Gasteiger partial charge on any atom is 0.242 e. The molecule has 1 fully saturated rings. The van der Waals surface area contributed by atoms with E-state index in [2.05, 4.69) is 16.7 Å². The molecular weight excluding hydrogens is 473 g/mol. The fourth-order valence-electron chi connectivity index (χ4n) is 4.73. The molecule has 0 radical (unpaired) electrons. The lowest BCUT2D eigenvalue weighted by molar-refractivity contribution is 0.352. The molecule has 1 aliphatic carbocycles. The van der Waals surface area contributed by atoms with E-state index in [9.17, 15) is 9.65 Å². The Morgan fingerprint density at radius 2 is 1.72 bits per heavy atom. The zero-order valence-corrected chi connectivity index (χ0v) is 21.2. The van der Waals surface area contributed by atoms with Gasteiger partial charge in [0.25, 0.3) is 0 Å². The number of hydrogen-bond acceptors (Lipinski definition) is 7. The summed E-state index contributed by atoms with van der Waals surface area (Å²) in [7, 11) is 0. The minimum atomic E-state index is -0.205. The molecule has 1 aliphatic rings. The zero-order valence-electron chi connectivity index (χ0n) is 20.3. The van der Waals surface area contributed by atoms with Crippen LogP contribution in [0.1, 0.15) is 47.9 Å². The lowest BCUT2D eigenvalue weighted by Crippen LogP contribution is -2.36. The van der Waals surface area contributed by atoms with E-state index >= 15 is 0 Å². The van der Waals surface area contributed by atoms with E-state index in [-0.39, 0.29) is 11.9 Å². The normalized spacial score (nSPS) is 17.6. The Morgan fingerprint density at radius 3 is 2.42 bits per heavy atom. The molecule has 2 N–H and O–H groups in total. The van der Waals surface area contributed by atoms with E-state index in [1.165, 1.54) is 12.1 Å². The van der Waals surface area contributed by atoms with E-state index in [0.29, 0.717) is 23.4 Å². The van der Waals surface area contributed by atoms with Crippen molar-refractivity contribution in [3.63, 3.8) is 0 Å². The molecule has 5 rings (SSSR count). The van der Waals surface area contributed by atoms with Gasteiger partial charge in [0, 0.05) is 18.6 Å². The van der Waals surface area contributed by atoms with Crippen LogP contribution in [-0.4, -0.2) is 22.1 Å². The lowest BCUT2D eigenvalue weighted by Gasteiger charge is -2.30. The predicted octanol–water partition coefficient (Wildman–Crippen LogP) is 6.62. The summed E-state index contributed by atoms with van der Waals surface area (Å²) in [5, 5.41) is 18.4. The molecule has 0 spiro atoms. The number of hydrogen-bond donors (Lipinski definition) is 2. The Balaban J connectivity index is 1.24. The van der Waals surface area contributed by atoms with E-state index < -0.39 is 0 Å². The number of fused-ring (bicyclic) bond motifs is 1. The standard InChI is InChI=1S/C28H28FN5OS/c1-17-13-20(15-30)14-18(2)25(17)35-27-26-24(11-12-36-26)33-28(34-27)32-23-9-7-22(8-10-23)31-16-19-3-5-21(29)6-4-19/h3-6,11-14,22-23,31H,7-10,16H2,1-2H3,(H,32,33,34). The summed E-state index contributed by atoms with van der Waals surface area (Å²) in [5.74, 6) is 1.62. The van der Waals surface area contributed by atoms with Crippen molar-refractivity contribution in [2.45, 2.75) is 58.2 Å². The topological polar surface area (TPSA) is 82.9 Å². The third kappa shape index (κ3) is 5.48. The molecule has 1 saturated carbocycles. The largest absolute Gasteiger partial charge is 0.437 e. The molecule has 4 aromatic rings. The molecule has 0 atom stereocenters. The SMILES string of the molecule is Cc1cc(C#N)cc(C)c1Oc1nc(NC2CCC(NCc3ccc(F)cc3)CC2)nc2ccsc12. The highest BCUT2D eigenvalue weighted by Crippen LogP contribution is 2.36. The van der Waals surface area contributed by atoms with Crippen LogP contribution in [0, 0.1) is 31.0 Å². The highest BCUT2D eigenvalue weighted by molar-refractivity contribution is 7.17. The van der Waals surface area contributed by atoms with E-state index in [0.717, 1.165) is 64.9 Å². The number of benzene rings is 2. The van der Waals surface area contributed by atoms with Gasteiger partial charge in [0.2, 0.25) is 11.8 Å². The lowest BCUT2D eigenvalue weighted by atomic mass is 9.91. The van der Waals surface area contributed by atoms with Crippen LogP contribution < -0.4 is 15.4 Å². The maximum atomic E-state index is 13.1. The molecule has 2 aromatic carbocycles. The number of nitrogens with one attached hydrogen (secondary N) is 2. The first kappa shape index (κ1) is 24.2. The Kier molecular flexibility index (Phi) is 7.12. The minimum absolute atomic E-state index is 0.205. The number of halogens is 1. The number of aromatic nitrogens is 2. The minimum Gasteiger partial charge on any atom is -0.437 e. The molecule has 8 heteroatoms. The second kappa shape index (κ2) is 10.6. The highest BCUT2D eigenvalue weighted by Gasteiger charge is 2.22. The van der Waals surface area contributed by atoms with Gasteiger partial charge in [-0.3, -0.25) is 0 Å². The molecule has 0 amide bonds. The Morgan fingerprint density at radius 1 is 1.03 bits per heavy atom. The van der Waals surface area contributed by atoms with Crippen molar-refractivity contribution in [1.29, 1.82) is 5.26 Å². The van der Waals surface area contributed by atoms with Gasteiger partial charge >= 0.3 is 0 Å². The van der Waals surface area contributed by atoms with Crippen LogP contribution in [0.2, 0.25) is 0 Å². The van der Waals surface area contributed by atoms with Crippen molar-refractivity contribution in [3.05, 3.63) is 75.9 Å². The number of anilines is 1. The van der Waals surface area contributed by atoms with Gasteiger partial charge in [0.1, 0.15) is 16.3 Å². The predicted molar refractivity (Wildman–Crippen MR) is 141 cm³/mol. The third-order valence-corrected chi connectivity index (χ3v) is 7.52. The van der Waals surface area contributed by atoms with Gasteiger partial charge < -0.3 is 15.4 Å². The number of nitriles is 1. The molecule has 0 saturated heterocycles. The van der Waals surface area contributed by atoms with E-state index in [1.54, 1.807) is 11.3 Å². The number of rotatable bonds is 7. The fraction of sp³-hybridized carbons (Fsp3) is 0.321. The quantitative estimate of drug-likeness (QED) is 0.296.